The quantitative estimate of drug-likeness (QED) is 0.695. The summed E-state index contributed by atoms with van der Waals surface area (Å²) in [5.74, 6) is 1.33. The fourth-order valence-electron chi connectivity index (χ4n) is 2.87. The summed E-state index contributed by atoms with van der Waals surface area (Å²) in [5.41, 5.74) is 2.06. The molecule has 0 radical (unpaired) electrons. The van der Waals surface area contributed by atoms with Gasteiger partial charge in [0.05, 0.1) is 36.8 Å². The predicted molar refractivity (Wildman–Crippen MR) is 103 cm³/mol. The van der Waals surface area contributed by atoms with E-state index in [0.717, 1.165) is 5.56 Å². The lowest BCUT2D eigenvalue weighted by molar-refractivity contribution is 0.324. The van der Waals surface area contributed by atoms with Gasteiger partial charge < -0.3 is 19.2 Å². The molecule has 2 aromatic carbocycles. The van der Waals surface area contributed by atoms with Gasteiger partial charge in [-0.15, -0.1) is 0 Å². The zero-order valence-corrected chi connectivity index (χ0v) is 16.4. The number of benzene rings is 2. The first-order valence-electron chi connectivity index (χ1n) is 8.22. The molecule has 1 aromatic heterocycles. The van der Waals surface area contributed by atoms with Crippen LogP contribution >= 0.6 is 0 Å². The Morgan fingerprint density at radius 2 is 1.44 bits per heavy atom. The Balaban J connectivity index is 2.17. The van der Waals surface area contributed by atoms with Gasteiger partial charge in [0.1, 0.15) is 0 Å². The number of H-pyrrole nitrogens is 1. The second-order valence-corrected chi connectivity index (χ2v) is 7.87. The number of nitrogens with one attached hydrogen (secondary N) is 1. The minimum atomic E-state index is -3.69. The van der Waals surface area contributed by atoms with Crippen molar-refractivity contribution >= 4 is 9.84 Å². The van der Waals surface area contributed by atoms with Crippen LogP contribution in [0.2, 0.25) is 0 Å². The fraction of sp³-hybridized carbons (Fsp3) is 0.200. The smallest absolute Gasteiger partial charge is 0.208 e. The monoisotopic (exact) mass is 387 g/mol. The van der Waals surface area contributed by atoms with E-state index in [-0.39, 0.29) is 9.79 Å². The van der Waals surface area contributed by atoms with Crippen LogP contribution < -0.4 is 14.2 Å². The third-order valence-corrected chi connectivity index (χ3v) is 6.09. The summed E-state index contributed by atoms with van der Waals surface area (Å²) in [6.07, 6.45) is 1.60. The van der Waals surface area contributed by atoms with Gasteiger partial charge >= 0.3 is 0 Å². The van der Waals surface area contributed by atoms with Gasteiger partial charge in [0, 0.05) is 11.8 Å². The number of hydrogen-bond donors (Lipinski definition) is 1. The molecule has 0 spiro atoms. The van der Waals surface area contributed by atoms with Gasteiger partial charge in [0.25, 0.3) is 0 Å². The molecule has 1 heterocycles. The molecule has 0 fully saturated rings. The minimum Gasteiger partial charge on any atom is -0.493 e. The van der Waals surface area contributed by atoms with Gasteiger partial charge in [0.2, 0.25) is 15.6 Å². The summed E-state index contributed by atoms with van der Waals surface area (Å²) in [7, 11) is 0.853. The highest BCUT2D eigenvalue weighted by Crippen LogP contribution is 2.42. The molecular formula is C20H21NO5S. The standard InChI is InChI=1S/C20H21NO5S/c1-13-5-7-15(8-6-13)27(22,23)18-9-10-21-19(18)14-11-16(24-2)20(26-4)17(12-14)25-3/h5-12,21H,1-4H3. The molecule has 1 N–H and O–H groups in total. The van der Waals surface area contributed by atoms with Crippen LogP contribution in [0.5, 0.6) is 17.2 Å². The first kappa shape index (κ1) is 18.8. The molecule has 0 aliphatic carbocycles. The van der Waals surface area contributed by atoms with Crippen LogP contribution in [0.25, 0.3) is 11.3 Å². The summed E-state index contributed by atoms with van der Waals surface area (Å²) in [6.45, 7) is 1.91. The lowest BCUT2D eigenvalue weighted by atomic mass is 10.1. The first-order valence-corrected chi connectivity index (χ1v) is 9.70. The molecule has 0 aliphatic rings. The second kappa shape index (κ2) is 7.36. The Hall–Kier alpha value is -2.93. The van der Waals surface area contributed by atoms with Crippen molar-refractivity contribution < 1.29 is 22.6 Å². The van der Waals surface area contributed by atoms with Crippen LogP contribution in [0.3, 0.4) is 0 Å². The Labute approximate surface area is 158 Å². The highest BCUT2D eigenvalue weighted by Gasteiger charge is 2.24. The van der Waals surface area contributed by atoms with E-state index < -0.39 is 9.84 Å². The highest BCUT2D eigenvalue weighted by molar-refractivity contribution is 7.91. The van der Waals surface area contributed by atoms with Gasteiger partial charge in [-0.2, -0.15) is 0 Å². The Kier molecular flexibility index (Phi) is 5.14. The van der Waals surface area contributed by atoms with E-state index in [0.29, 0.717) is 28.5 Å². The van der Waals surface area contributed by atoms with Crippen molar-refractivity contribution in [2.75, 3.05) is 21.3 Å². The lowest BCUT2D eigenvalue weighted by Gasteiger charge is -2.14. The third kappa shape index (κ3) is 3.38. The number of sulfone groups is 1. The number of ether oxygens (including phenoxy) is 3. The molecule has 0 saturated heterocycles. The summed E-state index contributed by atoms with van der Waals surface area (Å²) < 4.78 is 42.3. The molecule has 27 heavy (non-hydrogen) atoms. The van der Waals surface area contributed by atoms with Crippen molar-refractivity contribution in [3.05, 3.63) is 54.2 Å². The molecule has 3 rings (SSSR count). The summed E-state index contributed by atoms with van der Waals surface area (Å²) in [6, 6.07) is 11.7. The number of aromatic nitrogens is 1. The molecule has 0 saturated carbocycles. The Bertz CT molecular complexity index is 1030. The Morgan fingerprint density at radius 3 is 1.96 bits per heavy atom. The average molecular weight is 387 g/mol. The first-order chi connectivity index (χ1) is 12.9. The highest BCUT2D eigenvalue weighted by atomic mass is 32.2. The molecule has 0 aliphatic heterocycles. The second-order valence-electron chi connectivity index (χ2n) is 5.95. The number of rotatable bonds is 6. The zero-order chi connectivity index (χ0) is 19.6. The maximum absolute atomic E-state index is 13.1. The largest absolute Gasteiger partial charge is 0.493 e. The molecule has 7 heteroatoms. The maximum Gasteiger partial charge on any atom is 0.208 e. The normalized spacial score (nSPS) is 11.3. The molecular weight excluding hydrogens is 366 g/mol. The van der Waals surface area contributed by atoms with Crippen LogP contribution in [0.4, 0.5) is 0 Å². The van der Waals surface area contributed by atoms with Gasteiger partial charge in [0.15, 0.2) is 11.5 Å². The maximum atomic E-state index is 13.1. The summed E-state index contributed by atoms with van der Waals surface area (Å²) in [5, 5.41) is 0. The van der Waals surface area contributed by atoms with Crippen LogP contribution in [0.1, 0.15) is 5.56 Å². The summed E-state index contributed by atoms with van der Waals surface area (Å²) in [4.78, 5) is 3.44. The molecule has 0 atom stereocenters. The SMILES string of the molecule is COc1cc(-c2[nH]ccc2S(=O)(=O)c2ccc(C)cc2)cc(OC)c1OC. The van der Waals surface area contributed by atoms with E-state index in [4.69, 9.17) is 14.2 Å². The van der Waals surface area contributed by atoms with Crippen molar-refractivity contribution in [2.45, 2.75) is 16.7 Å². The van der Waals surface area contributed by atoms with Crippen LogP contribution in [0, 0.1) is 6.92 Å². The van der Waals surface area contributed by atoms with Crippen molar-refractivity contribution in [3.63, 3.8) is 0 Å². The molecule has 0 bridgehead atoms. The van der Waals surface area contributed by atoms with E-state index >= 15 is 0 Å². The molecule has 0 unspecified atom stereocenters. The van der Waals surface area contributed by atoms with E-state index in [1.807, 2.05) is 6.92 Å². The molecule has 3 aromatic rings. The number of hydrogen-bond acceptors (Lipinski definition) is 5. The number of aromatic amines is 1. The van der Waals surface area contributed by atoms with E-state index in [1.165, 1.54) is 21.3 Å². The fourth-order valence-corrected chi connectivity index (χ4v) is 4.32. The third-order valence-electron chi connectivity index (χ3n) is 4.28. The molecule has 142 valence electrons. The van der Waals surface area contributed by atoms with Crippen molar-refractivity contribution in [2.24, 2.45) is 0 Å². The Morgan fingerprint density at radius 1 is 0.852 bits per heavy atom. The average Bonchev–Trinajstić information content (AvgIpc) is 3.17. The lowest BCUT2D eigenvalue weighted by Crippen LogP contribution is -2.03. The van der Waals surface area contributed by atoms with Gasteiger partial charge in [-0.25, -0.2) is 8.42 Å². The predicted octanol–water partition coefficient (Wildman–Crippen LogP) is 3.85. The van der Waals surface area contributed by atoms with Crippen LogP contribution in [-0.4, -0.2) is 34.7 Å². The topological polar surface area (TPSA) is 77.6 Å². The van der Waals surface area contributed by atoms with Gasteiger partial charge in [-0.1, -0.05) is 17.7 Å². The van der Waals surface area contributed by atoms with Crippen molar-refractivity contribution in [1.82, 2.24) is 4.98 Å². The van der Waals surface area contributed by atoms with Crippen LogP contribution in [0.15, 0.2) is 58.5 Å². The zero-order valence-electron chi connectivity index (χ0n) is 15.6. The van der Waals surface area contributed by atoms with Crippen molar-refractivity contribution in [3.8, 4) is 28.5 Å². The van der Waals surface area contributed by atoms with Gasteiger partial charge in [-0.3, -0.25) is 0 Å². The molecule has 6 nitrogen and oxygen atoms in total. The van der Waals surface area contributed by atoms with E-state index in [9.17, 15) is 8.42 Å². The van der Waals surface area contributed by atoms with Crippen molar-refractivity contribution in [1.29, 1.82) is 0 Å². The molecule has 0 amide bonds. The van der Waals surface area contributed by atoms with Gasteiger partial charge in [-0.05, 0) is 37.3 Å². The van der Waals surface area contributed by atoms with E-state index in [2.05, 4.69) is 4.98 Å². The minimum absolute atomic E-state index is 0.181. The van der Waals surface area contributed by atoms with Crippen LogP contribution in [-0.2, 0) is 9.84 Å². The number of aryl methyl sites for hydroxylation is 1. The number of methoxy groups -OCH3 is 3. The van der Waals surface area contributed by atoms with E-state index in [1.54, 1.807) is 48.7 Å². The summed E-state index contributed by atoms with van der Waals surface area (Å²) >= 11 is 0.